The van der Waals surface area contributed by atoms with Crippen LogP contribution in [0.3, 0.4) is 0 Å². The lowest BCUT2D eigenvalue weighted by molar-refractivity contribution is -0.117. The Morgan fingerprint density at radius 2 is 1.84 bits per heavy atom. The highest BCUT2D eigenvalue weighted by atomic mass is 16.5. The highest BCUT2D eigenvalue weighted by Gasteiger charge is 2.21. The van der Waals surface area contributed by atoms with Crippen LogP contribution in [0.25, 0.3) is 0 Å². The van der Waals surface area contributed by atoms with Crippen molar-refractivity contribution in [3.8, 4) is 5.88 Å². The van der Waals surface area contributed by atoms with E-state index in [-0.39, 0.29) is 5.91 Å². The van der Waals surface area contributed by atoms with E-state index >= 15 is 0 Å². The molecule has 1 aliphatic heterocycles. The molecule has 7 heteroatoms. The van der Waals surface area contributed by atoms with Gasteiger partial charge < -0.3 is 20.3 Å². The summed E-state index contributed by atoms with van der Waals surface area (Å²) in [6.07, 6.45) is 8.42. The van der Waals surface area contributed by atoms with E-state index in [1.54, 1.807) is 13.2 Å². The van der Waals surface area contributed by atoms with Gasteiger partial charge in [-0.1, -0.05) is 12.1 Å². The van der Waals surface area contributed by atoms with Crippen LogP contribution < -0.4 is 20.3 Å². The van der Waals surface area contributed by atoms with Crippen LogP contribution in [0.1, 0.15) is 49.7 Å². The molecule has 1 aromatic carbocycles. The molecule has 0 unspecified atom stereocenters. The lowest BCUT2D eigenvalue weighted by Gasteiger charge is -2.16. The number of hydrogen-bond donors (Lipinski definition) is 2. The van der Waals surface area contributed by atoms with E-state index in [1.165, 1.54) is 12.8 Å². The number of nitrogens with one attached hydrogen (secondary N) is 2. The summed E-state index contributed by atoms with van der Waals surface area (Å²) in [6.45, 7) is 2.11. The first kappa shape index (κ1) is 21.2. The van der Waals surface area contributed by atoms with Gasteiger partial charge in [-0.2, -0.15) is 0 Å². The lowest BCUT2D eigenvalue weighted by atomic mass is 10.2. The van der Waals surface area contributed by atoms with Gasteiger partial charge in [0.2, 0.25) is 11.8 Å². The van der Waals surface area contributed by atoms with Crippen LogP contribution in [0, 0.1) is 0 Å². The molecular weight excluding hydrogens is 390 g/mol. The Labute approximate surface area is 183 Å². The molecule has 2 aromatic rings. The molecule has 1 aromatic heterocycles. The number of rotatable bonds is 7. The topological polar surface area (TPSA) is 78.9 Å². The first-order valence-electron chi connectivity index (χ1n) is 11.2. The fraction of sp³-hybridized carbons (Fsp3) is 0.458. The number of carbonyl (C=O) groups excluding carboxylic acids is 1. The Kier molecular flexibility index (Phi) is 7.02. The molecule has 2 heterocycles. The molecule has 1 aliphatic carbocycles. The third-order valence-electron chi connectivity index (χ3n) is 5.85. The molecule has 0 atom stereocenters. The van der Waals surface area contributed by atoms with Crippen molar-refractivity contribution in [2.45, 2.75) is 57.7 Å². The number of amides is 1. The van der Waals surface area contributed by atoms with Gasteiger partial charge in [0.15, 0.2) is 5.96 Å². The summed E-state index contributed by atoms with van der Waals surface area (Å²) >= 11 is 0. The van der Waals surface area contributed by atoms with Crippen LogP contribution in [0.2, 0.25) is 0 Å². The monoisotopic (exact) mass is 421 g/mol. The molecule has 1 amide bonds. The van der Waals surface area contributed by atoms with E-state index in [9.17, 15) is 4.79 Å². The molecule has 7 nitrogen and oxygen atoms in total. The second-order valence-corrected chi connectivity index (χ2v) is 8.12. The Balaban J connectivity index is 1.26. The third kappa shape index (κ3) is 5.75. The zero-order chi connectivity index (χ0) is 21.5. The first-order valence-corrected chi connectivity index (χ1v) is 11.2. The summed E-state index contributed by atoms with van der Waals surface area (Å²) in [5.41, 5.74) is 3.21. The van der Waals surface area contributed by atoms with Crippen LogP contribution in [0.4, 0.5) is 5.69 Å². The molecule has 1 saturated heterocycles. The second-order valence-electron chi connectivity index (χ2n) is 8.12. The molecule has 0 spiro atoms. The zero-order valence-electron chi connectivity index (χ0n) is 18.1. The zero-order valence-corrected chi connectivity index (χ0v) is 18.1. The number of pyridine rings is 1. The van der Waals surface area contributed by atoms with Crippen LogP contribution in [0.15, 0.2) is 47.6 Å². The van der Waals surface area contributed by atoms with Gasteiger partial charge in [-0.15, -0.1) is 0 Å². The van der Waals surface area contributed by atoms with Gasteiger partial charge in [0.1, 0.15) is 6.10 Å². The quantitative estimate of drug-likeness (QED) is 0.529. The summed E-state index contributed by atoms with van der Waals surface area (Å²) in [4.78, 5) is 22.4. The molecule has 2 fully saturated rings. The predicted octanol–water partition coefficient (Wildman–Crippen LogP) is 3.40. The SMILES string of the molecule is CN=C(NCc1ccc(N2CCCC2=O)cc1)NCc1ccnc(OC2CCCC2)c1. The molecular formula is C24H31N5O2. The Bertz CT molecular complexity index is 906. The van der Waals surface area contributed by atoms with E-state index in [0.717, 1.165) is 48.6 Å². The fourth-order valence-electron chi connectivity index (χ4n) is 4.11. The van der Waals surface area contributed by atoms with Crippen molar-refractivity contribution in [2.75, 3.05) is 18.5 Å². The van der Waals surface area contributed by atoms with Crippen LogP contribution >= 0.6 is 0 Å². The number of carbonyl (C=O) groups is 1. The molecule has 2 aliphatic rings. The largest absolute Gasteiger partial charge is 0.474 e. The predicted molar refractivity (Wildman–Crippen MR) is 122 cm³/mol. The van der Waals surface area contributed by atoms with Gasteiger partial charge in [-0.25, -0.2) is 4.98 Å². The smallest absolute Gasteiger partial charge is 0.227 e. The fourth-order valence-corrected chi connectivity index (χ4v) is 4.11. The van der Waals surface area contributed by atoms with Crippen molar-refractivity contribution in [3.63, 3.8) is 0 Å². The summed E-state index contributed by atoms with van der Waals surface area (Å²) in [5, 5.41) is 6.68. The Morgan fingerprint density at radius 1 is 1.10 bits per heavy atom. The standard InChI is InChI=1S/C24H31N5O2/c1-25-24(27-16-18-8-10-20(11-9-18)29-14-4-7-23(29)30)28-17-19-12-13-26-22(15-19)31-21-5-2-3-6-21/h8-13,15,21H,2-7,14,16-17H2,1H3,(H2,25,27,28). The van der Waals surface area contributed by atoms with Gasteiger partial charge in [-0.05, 0) is 61.4 Å². The van der Waals surface area contributed by atoms with E-state index in [2.05, 4.69) is 32.7 Å². The molecule has 0 radical (unpaired) electrons. The minimum absolute atomic E-state index is 0.211. The van der Waals surface area contributed by atoms with E-state index in [0.29, 0.717) is 31.5 Å². The highest BCUT2D eigenvalue weighted by molar-refractivity contribution is 5.95. The number of aliphatic imine (C=N–C) groups is 1. The van der Waals surface area contributed by atoms with E-state index < -0.39 is 0 Å². The van der Waals surface area contributed by atoms with Crippen molar-refractivity contribution < 1.29 is 9.53 Å². The van der Waals surface area contributed by atoms with Gasteiger partial charge in [-0.3, -0.25) is 9.79 Å². The van der Waals surface area contributed by atoms with Crippen molar-refractivity contribution in [1.82, 2.24) is 15.6 Å². The highest BCUT2D eigenvalue weighted by Crippen LogP contribution is 2.23. The van der Waals surface area contributed by atoms with Gasteiger partial charge in [0.25, 0.3) is 0 Å². The minimum Gasteiger partial charge on any atom is -0.474 e. The Morgan fingerprint density at radius 3 is 2.52 bits per heavy atom. The van der Waals surface area contributed by atoms with Crippen LogP contribution in [-0.2, 0) is 17.9 Å². The second kappa shape index (κ2) is 10.3. The number of benzene rings is 1. The van der Waals surface area contributed by atoms with Crippen molar-refractivity contribution in [3.05, 3.63) is 53.7 Å². The third-order valence-corrected chi connectivity index (χ3v) is 5.85. The number of hydrogen-bond acceptors (Lipinski definition) is 4. The van der Waals surface area contributed by atoms with Gasteiger partial charge in [0, 0.05) is 51.1 Å². The molecule has 4 rings (SSSR count). The maximum atomic E-state index is 11.9. The van der Waals surface area contributed by atoms with Gasteiger partial charge in [0.05, 0.1) is 0 Å². The summed E-state index contributed by atoms with van der Waals surface area (Å²) < 4.78 is 6.00. The van der Waals surface area contributed by atoms with Crippen LogP contribution in [0.5, 0.6) is 5.88 Å². The maximum Gasteiger partial charge on any atom is 0.227 e. The van der Waals surface area contributed by atoms with Crippen molar-refractivity contribution in [1.29, 1.82) is 0 Å². The summed E-state index contributed by atoms with van der Waals surface area (Å²) in [6, 6.07) is 12.1. The number of nitrogens with zero attached hydrogens (tertiary/aromatic N) is 3. The maximum absolute atomic E-state index is 11.9. The van der Waals surface area contributed by atoms with Crippen LogP contribution in [-0.4, -0.2) is 36.5 Å². The molecule has 164 valence electrons. The number of guanidine groups is 1. The lowest BCUT2D eigenvalue weighted by Crippen LogP contribution is -2.36. The van der Waals surface area contributed by atoms with Crippen molar-refractivity contribution in [2.24, 2.45) is 4.99 Å². The van der Waals surface area contributed by atoms with E-state index in [1.807, 2.05) is 29.2 Å². The number of aromatic nitrogens is 1. The average molecular weight is 422 g/mol. The molecule has 0 bridgehead atoms. The van der Waals surface area contributed by atoms with Gasteiger partial charge >= 0.3 is 0 Å². The van der Waals surface area contributed by atoms with E-state index in [4.69, 9.17) is 4.74 Å². The average Bonchev–Trinajstić information content (AvgIpc) is 3.46. The number of anilines is 1. The summed E-state index contributed by atoms with van der Waals surface area (Å²) in [5.74, 6) is 1.64. The Hall–Kier alpha value is -3.09. The molecule has 2 N–H and O–H groups in total. The van der Waals surface area contributed by atoms with Crippen molar-refractivity contribution >= 4 is 17.6 Å². The molecule has 1 saturated carbocycles. The minimum atomic E-state index is 0.211. The first-order chi connectivity index (χ1) is 15.2. The normalized spacial score (nSPS) is 17.3. The molecule has 31 heavy (non-hydrogen) atoms. The number of ether oxygens (including phenoxy) is 1. The summed E-state index contributed by atoms with van der Waals surface area (Å²) in [7, 11) is 1.76.